The van der Waals surface area contributed by atoms with Gasteiger partial charge in [-0.15, -0.1) is 5.11 Å². The Kier molecular flexibility index (Phi) is 5.73. The molecular formula is C21H22N4O2S. The van der Waals surface area contributed by atoms with Crippen LogP contribution in [0, 0.1) is 0 Å². The molecule has 1 N–H and O–H groups in total. The van der Waals surface area contributed by atoms with Gasteiger partial charge in [-0.1, -0.05) is 61.7 Å². The molecule has 2 heterocycles. The number of hydrogen-bond acceptors (Lipinski definition) is 7. The molecule has 0 saturated carbocycles. The maximum absolute atomic E-state index is 6.36. The van der Waals surface area contributed by atoms with Gasteiger partial charge in [-0.3, -0.25) is 0 Å². The van der Waals surface area contributed by atoms with Crippen LogP contribution in [-0.2, 0) is 4.74 Å². The van der Waals surface area contributed by atoms with Gasteiger partial charge in [0.05, 0.1) is 0 Å². The second-order valence-corrected chi connectivity index (χ2v) is 7.54. The summed E-state index contributed by atoms with van der Waals surface area (Å²) >= 11 is 1.57. The highest BCUT2D eigenvalue weighted by Crippen LogP contribution is 2.40. The predicted molar refractivity (Wildman–Crippen MR) is 113 cm³/mol. The topological polar surface area (TPSA) is 67.6 Å². The van der Waals surface area contributed by atoms with E-state index in [0.717, 1.165) is 28.3 Å². The first-order chi connectivity index (χ1) is 13.8. The lowest BCUT2D eigenvalue weighted by Gasteiger charge is -2.24. The number of hydrogen-bond donors (Lipinski definition) is 1. The smallest absolute Gasteiger partial charge is 0.206 e. The molecule has 0 spiro atoms. The molecule has 28 heavy (non-hydrogen) atoms. The minimum Gasteiger partial charge on any atom is -0.490 e. The van der Waals surface area contributed by atoms with Gasteiger partial charge < -0.3 is 14.8 Å². The third-order valence-corrected chi connectivity index (χ3v) is 5.18. The Balaban J connectivity index is 1.64. The largest absolute Gasteiger partial charge is 0.490 e. The SMILES string of the molecule is C=CCOc1ccc(C2Nc3ccccc3C3N=NC(SCC)=NC3O2)cc1. The maximum atomic E-state index is 6.36. The summed E-state index contributed by atoms with van der Waals surface area (Å²) < 4.78 is 11.9. The number of nitrogens with zero attached hydrogens (tertiary/aromatic N) is 3. The van der Waals surface area contributed by atoms with Crippen molar-refractivity contribution in [1.29, 1.82) is 0 Å². The second kappa shape index (κ2) is 8.58. The minimum absolute atomic E-state index is 0.259. The van der Waals surface area contributed by atoms with Crippen LogP contribution in [0.5, 0.6) is 5.75 Å². The second-order valence-electron chi connectivity index (χ2n) is 6.31. The molecule has 2 aromatic rings. The molecule has 2 aromatic carbocycles. The van der Waals surface area contributed by atoms with Gasteiger partial charge in [0.1, 0.15) is 18.4 Å². The Morgan fingerprint density at radius 3 is 2.82 bits per heavy atom. The van der Waals surface area contributed by atoms with E-state index in [2.05, 4.69) is 29.0 Å². The normalized spacial score (nSPS) is 22.9. The number of rotatable bonds is 5. The Bertz CT molecular complexity index is 898. The van der Waals surface area contributed by atoms with Crippen molar-refractivity contribution in [3.05, 3.63) is 72.3 Å². The first-order valence-electron chi connectivity index (χ1n) is 9.24. The van der Waals surface area contributed by atoms with Gasteiger partial charge >= 0.3 is 0 Å². The number of ether oxygens (including phenoxy) is 2. The van der Waals surface area contributed by atoms with E-state index in [1.807, 2.05) is 48.5 Å². The highest BCUT2D eigenvalue weighted by atomic mass is 32.2. The lowest BCUT2D eigenvalue weighted by atomic mass is 10.0. The zero-order valence-corrected chi connectivity index (χ0v) is 16.4. The van der Waals surface area contributed by atoms with Crippen LogP contribution in [0.2, 0.25) is 0 Å². The first kappa shape index (κ1) is 18.7. The molecular weight excluding hydrogens is 372 g/mol. The average molecular weight is 395 g/mol. The van der Waals surface area contributed by atoms with E-state index in [0.29, 0.717) is 11.8 Å². The quantitative estimate of drug-likeness (QED) is 0.696. The van der Waals surface area contributed by atoms with E-state index in [-0.39, 0.29) is 12.3 Å². The van der Waals surface area contributed by atoms with Crippen molar-refractivity contribution in [2.75, 3.05) is 17.7 Å². The molecule has 6 nitrogen and oxygen atoms in total. The molecule has 2 aliphatic rings. The van der Waals surface area contributed by atoms with E-state index >= 15 is 0 Å². The van der Waals surface area contributed by atoms with Crippen LogP contribution in [0.1, 0.15) is 30.3 Å². The third kappa shape index (κ3) is 3.95. The van der Waals surface area contributed by atoms with E-state index < -0.39 is 6.23 Å². The number of benzene rings is 2. The highest BCUT2D eigenvalue weighted by molar-refractivity contribution is 8.13. The van der Waals surface area contributed by atoms with Crippen LogP contribution in [0.4, 0.5) is 5.69 Å². The van der Waals surface area contributed by atoms with Crippen LogP contribution in [0.15, 0.2) is 76.4 Å². The van der Waals surface area contributed by atoms with Crippen molar-refractivity contribution in [1.82, 2.24) is 0 Å². The number of fused-ring (bicyclic) bond motifs is 3. The summed E-state index contributed by atoms with van der Waals surface area (Å²) in [6.45, 7) is 6.22. The summed E-state index contributed by atoms with van der Waals surface area (Å²) in [5.74, 6) is 1.68. The Morgan fingerprint density at radius 2 is 2.04 bits per heavy atom. The van der Waals surface area contributed by atoms with E-state index in [1.54, 1.807) is 17.8 Å². The number of nitrogens with one attached hydrogen (secondary N) is 1. The number of aliphatic imine (C=N–C) groups is 1. The Hall–Kier alpha value is -2.64. The van der Waals surface area contributed by atoms with E-state index in [1.165, 1.54) is 0 Å². The average Bonchev–Trinajstić information content (AvgIpc) is 2.89. The molecule has 0 bridgehead atoms. The minimum atomic E-state index is -0.426. The summed E-state index contributed by atoms with van der Waals surface area (Å²) in [7, 11) is 0. The van der Waals surface area contributed by atoms with Gasteiger partial charge in [0, 0.05) is 16.8 Å². The molecule has 144 valence electrons. The first-order valence-corrected chi connectivity index (χ1v) is 10.2. The Labute approximate surface area is 168 Å². The molecule has 0 aliphatic carbocycles. The van der Waals surface area contributed by atoms with Gasteiger partial charge in [-0.05, 0) is 24.0 Å². The molecule has 3 atom stereocenters. The van der Waals surface area contributed by atoms with Crippen LogP contribution >= 0.6 is 11.8 Å². The van der Waals surface area contributed by atoms with Gasteiger partial charge in [-0.25, -0.2) is 4.99 Å². The van der Waals surface area contributed by atoms with Crippen molar-refractivity contribution in [3.8, 4) is 5.75 Å². The number of thioether (sulfide) groups is 1. The number of amidine groups is 1. The van der Waals surface area contributed by atoms with Crippen LogP contribution in [-0.4, -0.2) is 23.8 Å². The lowest BCUT2D eigenvalue weighted by molar-refractivity contribution is -0.00539. The Morgan fingerprint density at radius 1 is 1.21 bits per heavy atom. The van der Waals surface area contributed by atoms with E-state index in [9.17, 15) is 0 Å². The summed E-state index contributed by atoms with van der Waals surface area (Å²) in [6, 6.07) is 15.7. The van der Waals surface area contributed by atoms with E-state index in [4.69, 9.17) is 14.5 Å². The zero-order valence-electron chi connectivity index (χ0n) is 15.6. The summed E-state index contributed by atoms with van der Waals surface area (Å²) in [5, 5.41) is 12.9. The van der Waals surface area contributed by atoms with Crippen molar-refractivity contribution in [2.45, 2.75) is 25.4 Å². The fourth-order valence-corrected chi connectivity index (χ4v) is 3.69. The summed E-state index contributed by atoms with van der Waals surface area (Å²) in [6.07, 6.45) is 0.946. The molecule has 2 aliphatic heterocycles. The van der Waals surface area contributed by atoms with Crippen molar-refractivity contribution >= 4 is 22.6 Å². The predicted octanol–water partition coefficient (Wildman–Crippen LogP) is 5.33. The van der Waals surface area contributed by atoms with Crippen molar-refractivity contribution in [2.24, 2.45) is 15.2 Å². The molecule has 0 fully saturated rings. The zero-order chi connectivity index (χ0) is 19.3. The van der Waals surface area contributed by atoms with Crippen molar-refractivity contribution in [3.63, 3.8) is 0 Å². The maximum Gasteiger partial charge on any atom is 0.206 e. The van der Waals surface area contributed by atoms with Gasteiger partial charge in [0.25, 0.3) is 0 Å². The molecule has 0 amide bonds. The molecule has 0 aromatic heterocycles. The van der Waals surface area contributed by atoms with Gasteiger partial charge in [0.15, 0.2) is 12.5 Å². The van der Waals surface area contributed by atoms with Crippen LogP contribution in [0.3, 0.4) is 0 Å². The monoisotopic (exact) mass is 394 g/mol. The summed E-state index contributed by atoms with van der Waals surface area (Å²) in [4.78, 5) is 4.71. The number of anilines is 1. The van der Waals surface area contributed by atoms with Crippen LogP contribution < -0.4 is 10.1 Å². The molecule has 7 heteroatoms. The van der Waals surface area contributed by atoms with Crippen molar-refractivity contribution < 1.29 is 9.47 Å². The third-order valence-electron chi connectivity index (χ3n) is 4.44. The molecule has 4 rings (SSSR count). The fourth-order valence-electron chi connectivity index (χ4n) is 3.15. The fraction of sp³-hybridized carbons (Fsp3) is 0.286. The molecule has 0 saturated heterocycles. The van der Waals surface area contributed by atoms with Crippen LogP contribution in [0.25, 0.3) is 0 Å². The summed E-state index contributed by atoms with van der Waals surface area (Å²) in [5.41, 5.74) is 3.01. The van der Waals surface area contributed by atoms with Gasteiger partial charge in [-0.2, -0.15) is 5.11 Å². The standard InChI is InChI=1S/C21H22N4O2S/c1-3-13-26-15-11-9-14(10-12-15)19-22-17-8-6-5-7-16(17)18-20(27-19)23-21(25-24-18)28-4-2/h3,5-12,18-20,22H,1,4,13H2,2H3. The highest BCUT2D eigenvalue weighted by Gasteiger charge is 2.35. The lowest BCUT2D eigenvalue weighted by Crippen LogP contribution is -2.24. The molecule has 3 unspecified atom stereocenters. The molecule has 0 radical (unpaired) electrons. The number of azo groups is 1. The van der Waals surface area contributed by atoms with Gasteiger partial charge in [0.2, 0.25) is 5.17 Å². The number of para-hydroxylation sites is 1.